The standard InChI is InChI=1S/C35H42N4O11/c1-3-4-5-6-9-16-36-33(44)47-21-49-35(46)50-22-48-34(45)37-17-10-7-8-11-18-39-31(42)26-15-13-24(20-28(26)32(39)43)23-12-14-25-27(19-23)30(41)38(2)29(25)40/h12-15,19-20H,3-11,16-18,21-22H2,1-2H3,(H,36,44)(H,37,45). The third-order valence-electron chi connectivity index (χ3n) is 8.25. The van der Waals surface area contributed by atoms with Gasteiger partial charge in [0.2, 0.25) is 13.6 Å². The molecule has 0 saturated carbocycles. The van der Waals surface area contributed by atoms with E-state index in [0.29, 0.717) is 66.6 Å². The lowest BCUT2D eigenvalue weighted by atomic mass is 9.97. The van der Waals surface area contributed by atoms with E-state index < -0.39 is 37.8 Å². The van der Waals surface area contributed by atoms with Gasteiger partial charge in [-0.15, -0.1) is 0 Å². The number of amides is 6. The Hall–Kier alpha value is -5.47. The summed E-state index contributed by atoms with van der Waals surface area (Å²) in [6, 6.07) is 9.87. The third-order valence-corrected chi connectivity index (χ3v) is 8.25. The summed E-state index contributed by atoms with van der Waals surface area (Å²) in [6.45, 7) is 1.77. The molecule has 0 radical (unpaired) electrons. The largest absolute Gasteiger partial charge is 0.514 e. The second-order valence-electron chi connectivity index (χ2n) is 11.8. The van der Waals surface area contributed by atoms with E-state index in [1.807, 2.05) is 0 Å². The molecule has 6 amide bonds. The van der Waals surface area contributed by atoms with Gasteiger partial charge >= 0.3 is 18.3 Å². The second-order valence-corrected chi connectivity index (χ2v) is 11.8. The second kappa shape index (κ2) is 18.3. The van der Waals surface area contributed by atoms with E-state index in [1.165, 1.54) is 11.9 Å². The van der Waals surface area contributed by atoms with Crippen molar-refractivity contribution < 1.29 is 52.5 Å². The van der Waals surface area contributed by atoms with Gasteiger partial charge in [-0.2, -0.15) is 0 Å². The molecule has 50 heavy (non-hydrogen) atoms. The predicted molar refractivity (Wildman–Crippen MR) is 177 cm³/mol. The average Bonchev–Trinajstić information content (AvgIpc) is 3.47. The van der Waals surface area contributed by atoms with Crippen molar-refractivity contribution >= 4 is 42.0 Å². The molecule has 15 nitrogen and oxygen atoms in total. The molecule has 2 heterocycles. The summed E-state index contributed by atoms with van der Waals surface area (Å²) < 4.78 is 18.6. The molecule has 2 aromatic rings. The van der Waals surface area contributed by atoms with Crippen LogP contribution in [0.15, 0.2) is 36.4 Å². The van der Waals surface area contributed by atoms with Gasteiger partial charge < -0.3 is 29.6 Å². The summed E-state index contributed by atoms with van der Waals surface area (Å²) in [4.78, 5) is 87.8. The maximum Gasteiger partial charge on any atom is 0.514 e. The Balaban J connectivity index is 1.05. The maximum atomic E-state index is 13.1. The van der Waals surface area contributed by atoms with Crippen molar-refractivity contribution in [2.24, 2.45) is 0 Å². The number of benzene rings is 2. The summed E-state index contributed by atoms with van der Waals surface area (Å²) in [5, 5.41) is 5.07. The van der Waals surface area contributed by atoms with Crippen LogP contribution in [0.1, 0.15) is 106 Å². The van der Waals surface area contributed by atoms with Crippen molar-refractivity contribution in [3.05, 3.63) is 58.7 Å². The minimum absolute atomic E-state index is 0.237. The Kier molecular flexibility index (Phi) is 13.7. The molecule has 2 aromatic carbocycles. The first-order chi connectivity index (χ1) is 24.1. The lowest BCUT2D eigenvalue weighted by molar-refractivity contribution is -0.0466. The number of carbonyl (C=O) groups is 7. The number of carbonyl (C=O) groups excluding carboxylic acids is 7. The Labute approximate surface area is 289 Å². The quantitative estimate of drug-likeness (QED) is 0.0901. The summed E-state index contributed by atoms with van der Waals surface area (Å²) in [5.74, 6) is -1.52. The molecular weight excluding hydrogens is 652 g/mol. The smallest absolute Gasteiger partial charge is 0.412 e. The van der Waals surface area contributed by atoms with Gasteiger partial charge in [-0.25, -0.2) is 14.4 Å². The summed E-state index contributed by atoms with van der Waals surface area (Å²) in [7, 11) is 1.42. The fourth-order valence-electron chi connectivity index (χ4n) is 5.48. The molecule has 0 aromatic heterocycles. The molecule has 4 rings (SSSR count). The molecule has 2 aliphatic heterocycles. The average molecular weight is 695 g/mol. The molecule has 0 fully saturated rings. The van der Waals surface area contributed by atoms with Gasteiger partial charge in [0, 0.05) is 26.7 Å². The van der Waals surface area contributed by atoms with E-state index in [9.17, 15) is 33.6 Å². The summed E-state index contributed by atoms with van der Waals surface area (Å²) in [6.07, 6.45) is 5.09. The topological polar surface area (TPSA) is 187 Å². The van der Waals surface area contributed by atoms with Gasteiger partial charge in [0.05, 0.1) is 22.3 Å². The van der Waals surface area contributed by atoms with Gasteiger partial charge in [0.1, 0.15) is 0 Å². The van der Waals surface area contributed by atoms with Gasteiger partial charge in [0.15, 0.2) is 0 Å². The molecule has 0 spiro atoms. The Morgan fingerprint density at radius 3 is 1.60 bits per heavy atom. The molecule has 0 unspecified atom stereocenters. The Morgan fingerprint density at radius 1 is 0.580 bits per heavy atom. The first-order valence-corrected chi connectivity index (χ1v) is 16.7. The lowest BCUT2D eigenvalue weighted by Gasteiger charge is -2.13. The number of alkyl carbamates (subject to hydrolysis) is 2. The highest BCUT2D eigenvalue weighted by Crippen LogP contribution is 2.32. The van der Waals surface area contributed by atoms with Crippen LogP contribution in [0, 0.1) is 0 Å². The van der Waals surface area contributed by atoms with Crippen molar-refractivity contribution in [2.45, 2.75) is 64.7 Å². The summed E-state index contributed by atoms with van der Waals surface area (Å²) in [5.41, 5.74) is 2.52. The van der Waals surface area contributed by atoms with E-state index in [2.05, 4.69) is 27.0 Å². The van der Waals surface area contributed by atoms with Crippen LogP contribution in [0.25, 0.3) is 11.1 Å². The molecule has 2 aliphatic rings. The number of rotatable bonds is 18. The van der Waals surface area contributed by atoms with Crippen molar-refractivity contribution in [3.8, 4) is 11.1 Å². The number of hydrogen-bond acceptors (Lipinski definition) is 11. The van der Waals surface area contributed by atoms with E-state index in [4.69, 9.17) is 9.47 Å². The first kappa shape index (κ1) is 37.4. The van der Waals surface area contributed by atoms with Crippen LogP contribution < -0.4 is 10.6 Å². The fraction of sp³-hybridized carbons (Fsp3) is 0.457. The zero-order valence-corrected chi connectivity index (χ0v) is 28.2. The SMILES string of the molecule is CCCCCCCNC(=O)OCOC(=O)OCOC(=O)NCCCCCCN1C(=O)c2ccc(-c3ccc4c(c3)C(=O)N(C)C4=O)cc2C1=O. The molecule has 268 valence electrons. The van der Waals surface area contributed by atoms with Crippen LogP contribution in [0.5, 0.6) is 0 Å². The molecule has 2 N–H and O–H groups in total. The van der Waals surface area contributed by atoms with Crippen LogP contribution >= 0.6 is 0 Å². The van der Waals surface area contributed by atoms with Gasteiger partial charge in [-0.05, 0) is 54.7 Å². The normalized spacial score (nSPS) is 13.2. The predicted octanol–water partition coefficient (Wildman–Crippen LogP) is 5.23. The van der Waals surface area contributed by atoms with E-state index in [0.717, 1.165) is 37.0 Å². The van der Waals surface area contributed by atoms with Crippen LogP contribution in [0.2, 0.25) is 0 Å². The Morgan fingerprint density at radius 2 is 1.04 bits per heavy atom. The van der Waals surface area contributed by atoms with Crippen LogP contribution in [0.4, 0.5) is 14.4 Å². The first-order valence-electron chi connectivity index (χ1n) is 16.7. The van der Waals surface area contributed by atoms with Crippen molar-refractivity contribution in [1.82, 2.24) is 20.4 Å². The molecule has 15 heteroatoms. The number of nitrogens with one attached hydrogen (secondary N) is 2. The molecule has 0 saturated heterocycles. The van der Waals surface area contributed by atoms with Crippen molar-refractivity contribution in [1.29, 1.82) is 0 Å². The number of ether oxygens (including phenoxy) is 4. The van der Waals surface area contributed by atoms with Crippen molar-refractivity contribution in [2.75, 3.05) is 40.3 Å². The minimum Gasteiger partial charge on any atom is -0.412 e. The number of nitrogens with zero attached hydrogens (tertiary/aromatic N) is 2. The van der Waals surface area contributed by atoms with Crippen LogP contribution in [-0.4, -0.2) is 92.0 Å². The zero-order chi connectivity index (χ0) is 36.0. The lowest BCUT2D eigenvalue weighted by Crippen LogP contribution is -2.30. The van der Waals surface area contributed by atoms with E-state index in [-0.39, 0.29) is 29.8 Å². The monoisotopic (exact) mass is 694 g/mol. The van der Waals surface area contributed by atoms with Gasteiger partial charge in [0.25, 0.3) is 23.6 Å². The molecule has 0 atom stereocenters. The molecular formula is C35H42N4O11. The third kappa shape index (κ3) is 9.80. The highest BCUT2D eigenvalue weighted by atomic mass is 16.8. The number of imide groups is 2. The van der Waals surface area contributed by atoms with E-state index >= 15 is 0 Å². The number of fused-ring (bicyclic) bond motifs is 2. The zero-order valence-electron chi connectivity index (χ0n) is 28.2. The van der Waals surface area contributed by atoms with Crippen LogP contribution in [-0.2, 0) is 18.9 Å². The molecule has 0 aliphatic carbocycles. The number of hydrogen-bond donors (Lipinski definition) is 2. The van der Waals surface area contributed by atoms with Gasteiger partial charge in [-0.1, -0.05) is 57.6 Å². The van der Waals surface area contributed by atoms with E-state index in [1.54, 1.807) is 36.4 Å². The number of unbranched alkanes of at least 4 members (excludes halogenated alkanes) is 7. The highest BCUT2D eigenvalue weighted by Gasteiger charge is 2.36. The molecule has 0 bridgehead atoms. The van der Waals surface area contributed by atoms with Crippen molar-refractivity contribution in [3.63, 3.8) is 0 Å². The summed E-state index contributed by atoms with van der Waals surface area (Å²) >= 11 is 0. The minimum atomic E-state index is -1.17. The van der Waals surface area contributed by atoms with Crippen LogP contribution in [0.3, 0.4) is 0 Å². The maximum absolute atomic E-state index is 13.1. The Bertz CT molecular complexity index is 1610. The fourth-order valence-corrected chi connectivity index (χ4v) is 5.48. The van der Waals surface area contributed by atoms with Gasteiger partial charge in [-0.3, -0.25) is 29.0 Å². The highest BCUT2D eigenvalue weighted by molar-refractivity contribution is 6.22.